The molecule has 0 aromatic heterocycles. The fourth-order valence-corrected chi connectivity index (χ4v) is 3.54. The van der Waals surface area contributed by atoms with Crippen LogP contribution in [-0.2, 0) is 17.8 Å². The summed E-state index contributed by atoms with van der Waals surface area (Å²) in [5, 5.41) is 12.6. The second kappa shape index (κ2) is 11.5. The molecule has 0 spiro atoms. The van der Waals surface area contributed by atoms with Crippen molar-refractivity contribution in [2.75, 3.05) is 6.54 Å². The quantitative estimate of drug-likeness (QED) is 0.335. The number of carboxylic acid groups (broad SMARTS) is 1. The monoisotopic (exact) mass is 445 g/mol. The Balaban J connectivity index is 1.74. The summed E-state index contributed by atoms with van der Waals surface area (Å²) in [5.74, 6) is 6.07. The number of halogens is 1. The summed E-state index contributed by atoms with van der Waals surface area (Å²) in [6.45, 7) is 5.36. The van der Waals surface area contributed by atoms with Gasteiger partial charge in [0, 0.05) is 29.6 Å². The number of carboxylic acids is 1. The molecule has 1 atom stereocenters. The molecule has 0 bridgehead atoms. The van der Waals surface area contributed by atoms with E-state index < -0.39 is 5.97 Å². The van der Waals surface area contributed by atoms with Gasteiger partial charge in [0.25, 0.3) is 0 Å². The maximum Gasteiger partial charge on any atom is 0.304 e. The van der Waals surface area contributed by atoms with Crippen LogP contribution in [0, 0.1) is 25.7 Å². The lowest BCUT2D eigenvalue weighted by molar-refractivity contribution is -0.136. The normalized spacial score (nSPS) is 11.5. The van der Waals surface area contributed by atoms with Gasteiger partial charge in [-0.1, -0.05) is 65.9 Å². The topological polar surface area (TPSA) is 49.3 Å². The first-order valence-electron chi connectivity index (χ1n) is 10.8. The van der Waals surface area contributed by atoms with Crippen molar-refractivity contribution in [1.82, 2.24) is 5.32 Å². The Morgan fingerprint density at radius 3 is 2.31 bits per heavy atom. The third-order valence-corrected chi connectivity index (χ3v) is 5.72. The smallest absolute Gasteiger partial charge is 0.304 e. The van der Waals surface area contributed by atoms with Gasteiger partial charge in [-0.05, 0) is 72.4 Å². The highest BCUT2D eigenvalue weighted by Gasteiger charge is 2.11. The third kappa shape index (κ3) is 7.27. The molecule has 0 amide bonds. The van der Waals surface area contributed by atoms with Gasteiger partial charge in [-0.25, -0.2) is 0 Å². The second-order valence-corrected chi connectivity index (χ2v) is 8.45. The van der Waals surface area contributed by atoms with Crippen LogP contribution in [-0.4, -0.2) is 17.6 Å². The number of hydrogen-bond acceptors (Lipinski definition) is 2. The van der Waals surface area contributed by atoms with Crippen LogP contribution in [0.25, 0.3) is 0 Å². The van der Waals surface area contributed by atoms with Crippen molar-refractivity contribution in [1.29, 1.82) is 0 Å². The standard InChI is InChI=1S/C28H28ClNO2/c1-20-3-4-24(17-21(20)2)18-26(25-11-13-27(29)14-12-25)10-9-22-5-7-23(8-6-22)19-30-16-15-28(31)32/h3-8,11-14,17,26,30H,15-16,18-19H2,1-2H3,(H,31,32). The van der Waals surface area contributed by atoms with Crippen LogP contribution in [0.2, 0.25) is 5.02 Å². The highest BCUT2D eigenvalue weighted by atomic mass is 35.5. The number of benzene rings is 3. The molecule has 0 saturated carbocycles. The Kier molecular flexibility index (Phi) is 8.50. The molecule has 32 heavy (non-hydrogen) atoms. The molecule has 0 fully saturated rings. The molecule has 0 aliphatic heterocycles. The van der Waals surface area contributed by atoms with Crippen LogP contribution in [0.15, 0.2) is 66.7 Å². The van der Waals surface area contributed by atoms with Gasteiger partial charge >= 0.3 is 5.97 Å². The van der Waals surface area contributed by atoms with Gasteiger partial charge < -0.3 is 10.4 Å². The molecule has 3 aromatic carbocycles. The summed E-state index contributed by atoms with van der Waals surface area (Å²) in [5.41, 5.74) is 7.06. The minimum absolute atomic E-state index is 0.0618. The van der Waals surface area contributed by atoms with E-state index in [-0.39, 0.29) is 12.3 Å². The molecule has 4 heteroatoms. The van der Waals surface area contributed by atoms with Crippen molar-refractivity contribution in [2.45, 2.75) is 39.2 Å². The van der Waals surface area contributed by atoms with E-state index in [4.69, 9.17) is 16.7 Å². The largest absolute Gasteiger partial charge is 0.481 e. The molecule has 2 N–H and O–H groups in total. The van der Waals surface area contributed by atoms with Gasteiger partial charge in [-0.2, -0.15) is 0 Å². The van der Waals surface area contributed by atoms with Crippen molar-refractivity contribution in [2.24, 2.45) is 0 Å². The zero-order chi connectivity index (χ0) is 22.9. The van der Waals surface area contributed by atoms with Crippen molar-refractivity contribution in [3.63, 3.8) is 0 Å². The van der Waals surface area contributed by atoms with Crippen LogP contribution < -0.4 is 5.32 Å². The van der Waals surface area contributed by atoms with Gasteiger partial charge in [0.15, 0.2) is 0 Å². The van der Waals surface area contributed by atoms with Gasteiger partial charge in [0.1, 0.15) is 0 Å². The highest BCUT2D eigenvalue weighted by molar-refractivity contribution is 6.30. The van der Waals surface area contributed by atoms with E-state index in [2.05, 4.69) is 61.3 Å². The Labute approximate surface area is 195 Å². The first-order valence-corrected chi connectivity index (χ1v) is 11.1. The molecule has 0 radical (unpaired) electrons. The summed E-state index contributed by atoms with van der Waals surface area (Å²) in [6.07, 6.45) is 0.956. The molecule has 0 saturated heterocycles. The third-order valence-electron chi connectivity index (χ3n) is 5.47. The van der Waals surface area contributed by atoms with Crippen molar-refractivity contribution < 1.29 is 9.90 Å². The molecule has 3 nitrogen and oxygen atoms in total. The molecule has 0 aliphatic carbocycles. The lowest BCUT2D eigenvalue weighted by Gasteiger charge is -2.13. The zero-order valence-corrected chi connectivity index (χ0v) is 19.2. The van der Waals surface area contributed by atoms with Crippen LogP contribution in [0.5, 0.6) is 0 Å². The molecular formula is C28H28ClNO2. The molecule has 3 aromatic rings. The summed E-state index contributed by atoms with van der Waals surface area (Å²) in [7, 11) is 0. The van der Waals surface area contributed by atoms with E-state index in [1.165, 1.54) is 16.7 Å². The predicted molar refractivity (Wildman–Crippen MR) is 131 cm³/mol. The second-order valence-electron chi connectivity index (χ2n) is 8.01. The first-order chi connectivity index (χ1) is 15.4. The van der Waals surface area contributed by atoms with Gasteiger partial charge in [-0.15, -0.1) is 0 Å². The maximum absolute atomic E-state index is 10.6. The lowest BCUT2D eigenvalue weighted by Crippen LogP contribution is -2.17. The van der Waals surface area contributed by atoms with Crippen molar-refractivity contribution in [3.05, 3.63) is 105 Å². The fourth-order valence-electron chi connectivity index (χ4n) is 3.42. The number of hydrogen-bond donors (Lipinski definition) is 2. The first kappa shape index (κ1) is 23.6. The average Bonchev–Trinajstić information content (AvgIpc) is 2.78. The maximum atomic E-state index is 10.6. The molecule has 164 valence electrons. The van der Waals surface area contributed by atoms with E-state index in [1.807, 2.05) is 36.4 Å². The van der Waals surface area contributed by atoms with E-state index in [9.17, 15) is 4.79 Å². The van der Waals surface area contributed by atoms with Crippen molar-refractivity contribution >= 4 is 17.6 Å². The number of aliphatic carboxylic acids is 1. The predicted octanol–water partition coefficient (Wildman–Crippen LogP) is 5.90. The Bertz CT molecular complexity index is 1110. The van der Waals surface area contributed by atoms with Crippen LogP contribution >= 0.6 is 11.6 Å². The van der Waals surface area contributed by atoms with Crippen LogP contribution in [0.3, 0.4) is 0 Å². The van der Waals surface area contributed by atoms with Crippen molar-refractivity contribution in [3.8, 4) is 11.8 Å². The lowest BCUT2D eigenvalue weighted by atomic mass is 9.91. The number of rotatable bonds is 8. The highest BCUT2D eigenvalue weighted by Crippen LogP contribution is 2.23. The molecule has 0 heterocycles. The molecule has 3 rings (SSSR count). The Hall–Kier alpha value is -3.06. The zero-order valence-electron chi connectivity index (χ0n) is 18.5. The van der Waals surface area contributed by atoms with E-state index >= 15 is 0 Å². The molecular weight excluding hydrogens is 418 g/mol. The SMILES string of the molecule is Cc1ccc(CC(C#Cc2ccc(CNCCC(=O)O)cc2)c2ccc(Cl)cc2)cc1C. The van der Waals surface area contributed by atoms with Crippen LogP contribution in [0.4, 0.5) is 0 Å². The number of aryl methyl sites for hydroxylation is 2. The minimum Gasteiger partial charge on any atom is -0.481 e. The van der Waals surface area contributed by atoms with E-state index in [0.717, 1.165) is 28.1 Å². The number of carbonyl (C=O) groups is 1. The minimum atomic E-state index is -0.792. The summed E-state index contributed by atoms with van der Waals surface area (Å²) in [6, 6.07) is 22.6. The van der Waals surface area contributed by atoms with Gasteiger partial charge in [-0.3, -0.25) is 4.79 Å². The average molecular weight is 446 g/mol. The number of nitrogens with one attached hydrogen (secondary N) is 1. The van der Waals surface area contributed by atoms with E-state index in [1.54, 1.807) is 0 Å². The molecule has 0 aliphatic rings. The Morgan fingerprint density at radius 2 is 1.66 bits per heavy atom. The van der Waals surface area contributed by atoms with Crippen LogP contribution in [0.1, 0.15) is 45.7 Å². The summed E-state index contributed by atoms with van der Waals surface area (Å²) < 4.78 is 0. The summed E-state index contributed by atoms with van der Waals surface area (Å²) >= 11 is 6.09. The summed E-state index contributed by atoms with van der Waals surface area (Å²) in [4.78, 5) is 10.6. The fraction of sp³-hybridized carbons (Fsp3) is 0.250. The van der Waals surface area contributed by atoms with Gasteiger partial charge in [0.2, 0.25) is 0 Å². The molecule has 1 unspecified atom stereocenters. The Morgan fingerprint density at radius 1 is 0.969 bits per heavy atom. The van der Waals surface area contributed by atoms with Gasteiger partial charge in [0.05, 0.1) is 6.42 Å². The van der Waals surface area contributed by atoms with E-state index in [0.29, 0.717) is 13.1 Å².